The number of amides is 1. The second-order valence-corrected chi connectivity index (χ2v) is 7.02. The zero-order chi connectivity index (χ0) is 19.4. The maximum absolute atomic E-state index is 12.9. The molecule has 140 valence electrons. The summed E-state index contributed by atoms with van der Waals surface area (Å²) >= 11 is 3.44. The molecule has 27 heavy (non-hydrogen) atoms. The van der Waals surface area contributed by atoms with E-state index in [1.165, 1.54) is 12.1 Å². The number of benzene rings is 2. The molecule has 0 radical (unpaired) electrons. The molecule has 0 unspecified atom stereocenters. The summed E-state index contributed by atoms with van der Waals surface area (Å²) in [4.78, 5) is 14.3. The molecule has 0 atom stereocenters. The molecule has 2 aromatic carbocycles. The van der Waals surface area contributed by atoms with Gasteiger partial charge in [-0.2, -0.15) is 5.10 Å². The average molecular weight is 432 g/mol. The van der Waals surface area contributed by atoms with Crippen molar-refractivity contribution in [1.29, 1.82) is 0 Å². The lowest BCUT2D eigenvalue weighted by molar-refractivity contribution is 0.0781. The molecule has 3 aromatic rings. The number of hydrogen-bond donors (Lipinski definition) is 0. The van der Waals surface area contributed by atoms with Crippen LogP contribution < -0.4 is 4.74 Å². The van der Waals surface area contributed by atoms with Crippen molar-refractivity contribution in [1.82, 2.24) is 14.7 Å². The number of hydrogen-bond acceptors (Lipinski definition) is 3. The topological polar surface area (TPSA) is 47.4 Å². The van der Waals surface area contributed by atoms with Crippen LogP contribution in [0.4, 0.5) is 4.39 Å². The molecule has 1 aromatic heterocycles. The highest BCUT2D eigenvalue weighted by Gasteiger charge is 2.15. The minimum Gasteiger partial charge on any atom is -0.489 e. The van der Waals surface area contributed by atoms with Gasteiger partial charge in [-0.1, -0.05) is 12.1 Å². The van der Waals surface area contributed by atoms with Gasteiger partial charge in [0.05, 0.1) is 22.9 Å². The van der Waals surface area contributed by atoms with Crippen LogP contribution in [0.25, 0.3) is 0 Å². The molecule has 0 aliphatic carbocycles. The first-order valence-electron chi connectivity index (χ1n) is 8.33. The van der Waals surface area contributed by atoms with Crippen molar-refractivity contribution in [2.75, 3.05) is 7.05 Å². The highest BCUT2D eigenvalue weighted by molar-refractivity contribution is 9.10. The van der Waals surface area contributed by atoms with Crippen LogP contribution in [0.1, 0.15) is 21.6 Å². The maximum atomic E-state index is 12.9. The first-order chi connectivity index (χ1) is 12.9. The van der Waals surface area contributed by atoms with Gasteiger partial charge in [0.15, 0.2) is 0 Å². The lowest BCUT2D eigenvalue weighted by atomic mass is 10.1. The first kappa shape index (κ1) is 19.1. The van der Waals surface area contributed by atoms with Gasteiger partial charge in [0, 0.05) is 19.7 Å². The van der Waals surface area contributed by atoms with Crippen LogP contribution in [0.2, 0.25) is 0 Å². The number of carbonyl (C=O) groups is 1. The lowest BCUT2D eigenvalue weighted by Crippen LogP contribution is -2.27. The monoisotopic (exact) mass is 431 g/mol. The lowest BCUT2D eigenvalue weighted by Gasteiger charge is -2.18. The summed E-state index contributed by atoms with van der Waals surface area (Å²) in [5.74, 6) is 0.222. The molecule has 1 amide bonds. The van der Waals surface area contributed by atoms with Crippen LogP contribution in [0.5, 0.6) is 5.75 Å². The molecule has 0 saturated heterocycles. The fourth-order valence-electron chi connectivity index (χ4n) is 2.57. The van der Waals surface area contributed by atoms with Gasteiger partial charge in [-0.25, -0.2) is 4.39 Å². The van der Waals surface area contributed by atoms with Crippen molar-refractivity contribution in [3.63, 3.8) is 0 Å². The smallest absolute Gasteiger partial charge is 0.253 e. The van der Waals surface area contributed by atoms with E-state index >= 15 is 0 Å². The third kappa shape index (κ3) is 4.74. The van der Waals surface area contributed by atoms with Gasteiger partial charge >= 0.3 is 0 Å². The summed E-state index contributed by atoms with van der Waals surface area (Å²) in [7, 11) is 3.60. The molecule has 5 nitrogen and oxygen atoms in total. The normalized spacial score (nSPS) is 10.7. The van der Waals surface area contributed by atoms with Crippen LogP contribution >= 0.6 is 15.9 Å². The molecular formula is C20H19BrFN3O2. The summed E-state index contributed by atoms with van der Waals surface area (Å²) < 4.78 is 21.1. The Labute approximate surface area is 165 Å². The Bertz CT molecular complexity index is 904. The molecule has 3 rings (SSSR count). The van der Waals surface area contributed by atoms with Crippen LogP contribution in [0.3, 0.4) is 0 Å². The van der Waals surface area contributed by atoms with Crippen molar-refractivity contribution < 1.29 is 13.9 Å². The summed E-state index contributed by atoms with van der Waals surface area (Å²) in [5, 5.41) is 4.16. The Kier molecular flexibility index (Phi) is 5.91. The fraction of sp³-hybridized carbons (Fsp3) is 0.200. The summed E-state index contributed by atoms with van der Waals surface area (Å²) in [6.07, 6.45) is 1.71. The molecule has 0 fully saturated rings. The van der Waals surface area contributed by atoms with E-state index in [9.17, 15) is 9.18 Å². The average Bonchev–Trinajstić information content (AvgIpc) is 2.99. The number of ether oxygens (including phenoxy) is 1. The predicted octanol–water partition coefficient (Wildman–Crippen LogP) is 4.17. The van der Waals surface area contributed by atoms with E-state index in [4.69, 9.17) is 4.74 Å². The van der Waals surface area contributed by atoms with Crippen molar-refractivity contribution in [3.8, 4) is 5.75 Å². The van der Waals surface area contributed by atoms with Crippen LogP contribution in [0.15, 0.2) is 59.2 Å². The second-order valence-electron chi connectivity index (χ2n) is 6.16. The van der Waals surface area contributed by atoms with E-state index in [-0.39, 0.29) is 11.7 Å². The van der Waals surface area contributed by atoms with Crippen molar-refractivity contribution in [2.24, 2.45) is 7.05 Å². The number of aryl methyl sites for hydroxylation is 1. The van der Waals surface area contributed by atoms with E-state index in [0.29, 0.717) is 24.5 Å². The third-order valence-corrected chi connectivity index (χ3v) is 4.83. The highest BCUT2D eigenvalue weighted by atomic mass is 79.9. The molecule has 1 heterocycles. The van der Waals surface area contributed by atoms with Gasteiger partial charge in [-0.15, -0.1) is 0 Å². The van der Waals surface area contributed by atoms with E-state index in [1.807, 2.05) is 19.2 Å². The van der Waals surface area contributed by atoms with Gasteiger partial charge in [-0.3, -0.25) is 9.48 Å². The van der Waals surface area contributed by atoms with Crippen molar-refractivity contribution in [2.45, 2.75) is 13.2 Å². The SMILES string of the molecule is CN(Cc1c(Br)cnn1C)C(=O)c1ccc(COc2ccc(F)cc2)cc1. The zero-order valence-corrected chi connectivity index (χ0v) is 16.6. The van der Waals surface area contributed by atoms with E-state index in [0.717, 1.165) is 15.7 Å². The number of rotatable bonds is 6. The predicted molar refractivity (Wildman–Crippen MR) is 104 cm³/mol. The largest absolute Gasteiger partial charge is 0.489 e. The maximum Gasteiger partial charge on any atom is 0.253 e. The van der Waals surface area contributed by atoms with Gasteiger partial charge in [0.25, 0.3) is 5.91 Å². The van der Waals surface area contributed by atoms with Crippen LogP contribution in [0, 0.1) is 5.82 Å². The van der Waals surface area contributed by atoms with Crippen LogP contribution in [-0.4, -0.2) is 27.6 Å². The van der Waals surface area contributed by atoms with Gasteiger partial charge in [0.2, 0.25) is 0 Å². The molecular weight excluding hydrogens is 413 g/mol. The van der Waals surface area contributed by atoms with E-state index in [2.05, 4.69) is 21.0 Å². The number of aromatic nitrogens is 2. The number of halogens is 2. The van der Waals surface area contributed by atoms with E-state index < -0.39 is 0 Å². The third-order valence-electron chi connectivity index (χ3n) is 4.16. The van der Waals surface area contributed by atoms with Gasteiger partial charge in [-0.05, 0) is 57.9 Å². The quantitative estimate of drug-likeness (QED) is 0.588. The Morgan fingerprint density at radius 1 is 1.19 bits per heavy atom. The Morgan fingerprint density at radius 3 is 2.44 bits per heavy atom. The molecule has 0 bridgehead atoms. The minimum absolute atomic E-state index is 0.0749. The number of nitrogens with zero attached hydrogens (tertiary/aromatic N) is 3. The van der Waals surface area contributed by atoms with Crippen molar-refractivity contribution >= 4 is 21.8 Å². The summed E-state index contributed by atoms with van der Waals surface area (Å²) in [6, 6.07) is 13.1. The Balaban J connectivity index is 1.60. The molecule has 0 aliphatic heterocycles. The van der Waals surface area contributed by atoms with Crippen molar-refractivity contribution in [3.05, 3.63) is 81.8 Å². The van der Waals surface area contributed by atoms with E-state index in [1.54, 1.807) is 47.1 Å². The highest BCUT2D eigenvalue weighted by Crippen LogP contribution is 2.18. The second kappa shape index (κ2) is 8.35. The minimum atomic E-state index is -0.299. The molecule has 0 aliphatic rings. The number of carbonyl (C=O) groups excluding carboxylic acids is 1. The first-order valence-corrected chi connectivity index (χ1v) is 9.12. The molecule has 0 spiro atoms. The standard InChI is InChI=1S/C20H19BrFN3O2/c1-24(12-19-18(21)11-23-25(19)2)20(26)15-5-3-14(4-6-15)13-27-17-9-7-16(22)8-10-17/h3-11H,12-13H2,1-2H3. The fourth-order valence-corrected chi connectivity index (χ4v) is 3.05. The summed E-state index contributed by atoms with van der Waals surface area (Å²) in [6.45, 7) is 0.795. The van der Waals surface area contributed by atoms with Crippen LogP contribution in [-0.2, 0) is 20.2 Å². The van der Waals surface area contributed by atoms with Gasteiger partial charge in [0.1, 0.15) is 18.2 Å². The molecule has 0 N–H and O–H groups in total. The van der Waals surface area contributed by atoms with Gasteiger partial charge < -0.3 is 9.64 Å². The summed E-state index contributed by atoms with van der Waals surface area (Å²) in [5.41, 5.74) is 2.45. The molecule has 7 heteroatoms. The Morgan fingerprint density at radius 2 is 1.85 bits per heavy atom. The molecule has 0 saturated carbocycles. The zero-order valence-electron chi connectivity index (χ0n) is 15.0. The Hall–Kier alpha value is -2.67.